The van der Waals surface area contributed by atoms with Crippen LogP contribution in [-0.4, -0.2) is 29.7 Å². The van der Waals surface area contributed by atoms with E-state index in [0.29, 0.717) is 24.5 Å². The van der Waals surface area contributed by atoms with Crippen LogP contribution in [0, 0.1) is 0 Å². The van der Waals surface area contributed by atoms with Crippen molar-refractivity contribution >= 4 is 23.1 Å². The minimum absolute atomic E-state index is 0.273. The summed E-state index contributed by atoms with van der Waals surface area (Å²) in [6.45, 7) is 0.437. The predicted molar refractivity (Wildman–Crippen MR) is 117 cm³/mol. The van der Waals surface area contributed by atoms with Crippen molar-refractivity contribution in [2.75, 3.05) is 19.0 Å². The molecule has 0 spiro atoms. The van der Waals surface area contributed by atoms with E-state index in [1.54, 1.807) is 30.9 Å². The van der Waals surface area contributed by atoms with Crippen LogP contribution in [0.4, 0.5) is 10.5 Å². The third kappa shape index (κ3) is 4.84. The van der Waals surface area contributed by atoms with Crippen LogP contribution in [0.15, 0.2) is 70.8 Å². The summed E-state index contributed by atoms with van der Waals surface area (Å²) in [4.78, 5) is 21.0. The Balaban J connectivity index is 1.28. The van der Waals surface area contributed by atoms with E-state index in [-0.39, 0.29) is 6.03 Å². The first-order chi connectivity index (χ1) is 14.7. The minimum atomic E-state index is -0.273. The van der Waals surface area contributed by atoms with Crippen molar-refractivity contribution in [1.82, 2.24) is 15.3 Å². The number of nitrogens with zero attached hydrogens (tertiary/aromatic N) is 2. The monoisotopic (exact) mass is 420 g/mol. The van der Waals surface area contributed by atoms with Gasteiger partial charge >= 0.3 is 6.03 Å². The number of anilines is 1. The number of benzene rings is 2. The second-order valence-corrected chi connectivity index (χ2v) is 7.32. The van der Waals surface area contributed by atoms with Gasteiger partial charge in [-0.2, -0.15) is 0 Å². The van der Waals surface area contributed by atoms with Gasteiger partial charge in [0.1, 0.15) is 17.0 Å². The van der Waals surface area contributed by atoms with Gasteiger partial charge in [0.15, 0.2) is 0 Å². The van der Waals surface area contributed by atoms with Gasteiger partial charge in [0.2, 0.25) is 5.89 Å². The van der Waals surface area contributed by atoms with Crippen molar-refractivity contribution < 1.29 is 13.9 Å². The van der Waals surface area contributed by atoms with Crippen LogP contribution in [0.3, 0.4) is 0 Å². The quantitative estimate of drug-likeness (QED) is 0.447. The third-order valence-corrected chi connectivity index (χ3v) is 5.18. The maximum atomic E-state index is 12.2. The predicted octanol–water partition coefficient (Wildman–Crippen LogP) is 4.84. The van der Waals surface area contributed by atoms with Gasteiger partial charge in [-0.25, -0.2) is 14.8 Å². The number of thiazole rings is 1. The second kappa shape index (κ2) is 9.23. The summed E-state index contributed by atoms with van der Waals surface area (Å²) >= 11 is 1.56. The lowest BCUT2D eigenvalue weighted by Gasteiger charge is -2.08. The fourth-order valence-corrected chi connectivity index (χ4v) is 3.50. The number of carbonyl (C=O) groups is 1. The molecule has 0 aliphatic heterocycles. The lowest BCUT2D eigenvalue weighted by Crippen LogP contribution is -2.30. The Morgan fingerprint density at radius 1 is 1.17 bits per heavy atom. The van der Waals surface area contributed by atoms with Gasteiger partial charge in [0.05, 0.1) is 12.8 Å². The zero-order valence-electron chi connectivity index (χ0n) is 16.3. The lowest BCUT2D eigenvalue weighted by molar-refractivity contribution is 0.252. The summed E-state index contributed by atoms with van der Waals surface area (Å²) in [6, 6.07) is 14.8. The number of amides is 2. The number of urea groups is 1. The molecule has 0 saturated heterocycles. The number of hydrogen-bond acceptors (Lipinski definition) is 6. The fourth-order valence-electron chi connectivity index (χ4n) is 2.86. The molecule has 0 aliphatic carbocycles. The van der Waals surface area contributed by atoms with Gasteiger partial charge in [0.25, 0.3) is 0 Å². The molecule has 0 radical (unpaired) electrons. The van der Waals surface area contributed by atoms with Gasteiger partial charge in [0, 0.05) is 41.4 Å². The fraction of sp³-hybridized carbons (Fsp3) is 0.136. The molecule has 0 aliphatic rings. The molecule has 0 atom stereocenters. The van der Waals surface area contributed by atoms with E-state index in [2.05, 4.69) is 20.6 Å². The molecule has 0 saturated carbocycles. The first kappa shape index (κ1) is 19.7. The summed E-state index contributed by atoms with van der Waals surface area (Å²) < 4.78 is 10.7. The number of carbonyl (C=O) groups excluding carboxylic acids is 1. The first-order valence-corrected chi connectivity index (χ1v) is 10.2. The Morgan fingerprint density at radius 3 is 2.80 bits per heavy atom. The Hall–Kier alpha value is -3.65. The Morgan fingerprint density at radius 2 is 2.03 bits per heavy atom. The van der Waals surface area contributed by atoms with Crippen molar-refractivity contribution in [3.8, 4) is 27.8 Å². The highest BCUT2D eigenvalue weighted by Gasteiger charge is 2.08. The highest BCUT2D eigenvalue weighted by atomic mass is 32.1. The average Bonchev–Trinajstić information content (AvgIpc) is 3.47. The highest BCUT2D eigenvalue weighted by molar-refractivity contribution is 7.13. The standard InChI is InChI=1S/C22H20N4O3S/c1-28-19-7-5-15(6-8-19)20-25-18(14-29-20)9-10-24-22(27)26-17-4-2-3-16(13-17)21-23-11-12-30-21/h2-8,11-14H,9-10H2,1H3,(H2,24,26,27). The first-order valence-electron chi connectivity index (χ1n) is 9.35. The van der Waals surface area contributed by atoms with E-state index in [4.69, 9.17) is 9.15 Å². The number of ether oxygens (including phenoxy) is 1. The second-order valence-electron chi connectivity index (χ2n) is 6.42. The summed E-state index contributed by atoms with van der Waals surface area (Å²) in [6.07, 6.45) is 3.93. The third-order valence-electron chi connectivity index (χ3n) is 4.36. The Labute approximate surface area is 177 Å². The largest absolute Gasteiger partial charge is 0.497 e. The van der Waals surface area contributed by atoms with Crippen molar-refractivity contribution in [2.24, 2.45) is 0 Å². The molecule has 30 heavy (non-hydrogen) atoms. The average molecular weight is 420 g/mol. The van der Waals surface area contributed by atoms with Gasteiger partial charge in [-0.1, -0.05) is 12.1 Å². The molecule has 4 rings (SSSR count). The van der Waals surface area contributed by atoms with Gasteiger partial charge in [-0.3, -0.25) is 0 Å². The maximum absolute atomic E-state index is 12.2. The van der Waals surface area contributed by atoms with E-state index in [9.17, 15) is 4.79 Å². The van der Waals surface area contributed by atoms with E-state index < -0.39 is 0 Å². The van der Waals surface area contributed by atoms with Crippen LogP contribution in [-0.2, 0) is 6.42 Å². The normalized spacial score (nSPS) is 10.6. The molecule has 2 aromatic carbocycles. The minimum Gasteiger partial charge on any atom is -0.497 e. The Bertz CT molecular complexity index is 1110. The van der Waals surface area contributed by atoms with Crippen LogP contribution in [0.2, 0.25) is 0 Å². The molecular formula is C22H20N4O3S. The van der Waals surface area contributed by atoms with Gasteiger partial charge in [-0.15, -0.1) is 11.3 Å². The molecule has 2 aromatic heterocycles. The van der Waals surface area contributed by atoms with Crippen LogP contribution >= 0.6 is 11.3 Å². The molecule has 4 aromatic rings. The van der Waals surface area contributed by atoms with Crippen LogP contribution < -0.4 is 15.4 Å². The molecule has 0 fully saturated rings. The molecule has 8 heteroatoms. The SMILES string of the molecule is COc1ccc(-c2nc(CCNC(=O)Nc3cccc(-c4nccs4)c3)co2)cc1. The zero-order chi connectivity index (χ0) is 20.8. The van der Waals surface area contributed by atoms with Gasteiger partial charge < -0.3 is 19.8 Å². The number of nitrogens with one attached hydrogen (secondary N) is 2. The van der Waals surface area contributed by atoms with E-state index in [1.807, 2.05) is 53.9 Å². The number of aromatic nitrogens is 2. The summed E-state index contributed by atoms with van der Waals surface area (Å²) in [5, 5.41) is 8.52. The number of oxazole rings is 1. The smallest absolute Gasteiger partial charge is 0.319 e. The molecule has 7 nitrogen and oxygen atoms in total. The van der Waals surface area contributed by atoms with Gasteiger partial charge in [-0.05, 0) is 36.4 Å². The summed E-state index contributed by atoms with van der Waals surface area (Å²) in [7, 11) is 1.62. The van der Waals surface area contributed by atoms with E-state index >= 15 is 0 Å². The van der Waals surface area contributed by atoms with E-state index in [0.717, 1.165) is 27.6 Å². The zero-order valence-corrected chi connectivity index (χ0v) is 17.1. The Kier molecular flexibility index (Phi) is 6.05. The molecule has 2 heterocycles. The maximum Gasteiger partial charge on any atom is 0.319 e. The van der Waals surface area contributed by atoms with Crippen LogP contribution in [0.1, 0.15) is 5.69 Å². The molecule has 2 N–H and O–H groups in total. The van der Waals surface area contributed by atoms with Crippen molar-refractivity contribution in [1.29, 1.82) is 0 Å². The number of methoxy groups -OCH3 is 1. The van der Waals surface area contributed by atoms with Crippen LogP contribution in [0.5, 0.6) is 5.75 Å². The number of hydrogen-bond donors (Lipinski definition) is 2. The number of rotatable bonds is 7. The molecule has 0 unspecified atom stereocenters. The summed E-state index contributed by atoms with van der Waals surface area (Å²) in [5.41, 5.74) is 3.32. The topological polar surface area (TPSA) is 89.3 Å². The van der Waals surface area contributed by atoms with Crippen molar-refractivity contribution in [2.45, 2.75) is 6.42 Å². The highest BCUT2D eigenvalue weighted by Crippen LogP contribution is 2.24. The molecular weight excluding hydrogens is 400 g/mol. The molecule has 2 amide bonds. The van der Waals surface area contributed by atoms with Crippen molar-refractivity contribution in [3.63, 3.8) is 0 Å². The van der Waals surface area contributed by atoms with E-state index in [1.165, 1.54) is 0 Å². The van der Waals surface area contributed by atoms with Crippen molar-refractivity contribution in [3.05, 3.63) is 72.1 Å². The van der Waals surface area contributed by atoms with Crippen LogP contribution in [0.25, 0.3) is 22.0 Å². The molecule has 0 bridgehead atoms. The summed E-state index contributed by atoms with van der Waals surface area (Å²) in [5.74, 6) is 1.31. The molecule has 152 valence electrons. The lowest BCUT2D eigenvalue weighted by atomic mass is 10.2.